The molecule has 46 heavy (non-hydrogen) atoms. The standard InChI is InChI=1S/C40H24N4O2/c1-2-7-25(8-3-1)44-33-10-5-4-9-30(33)40-34(11-6-12-35(40)44)43(26-13-15-28-31-23-41-19-17-36(31)45-38(28)21-26)27-14-16-29-32-24-42-20-18-37(32)46-39(29)22-27/h1-24H. The Morgan fingerprint density at radius 3 is 1.76 bits per heavy atom. The minimum absolute atomic E-state index is 0.806. The maximum atomic E-state index is 6.35. The second-order valence-corrected chi connectivity index (χ2v) is 11.5. The van der Waals surface area contributed by atoms with Crippen molar-refractivity contribution in [1.29, 1.82) is 0 Å². The van der Waals surface area contributed by atoms with Gasteiger partial charge in [0.2, 0.25) is 0 Å². The SMILES string of the molecule is c1ccc(-n2c3ccccc3c3c(N(c4ccc5c(c4)oc4ccncc45)c4ccc5c(c4)oc4ccncc45)cccc32)cc1. The highest BCUT2D eigenvalue weighted by Crippen LogP contribution is 2.45. The van der Waals surface area contributed by atoms with Crippen molar-refractivity contribution in [2.24, 2.45) is 0 Å². The molecule has 5 aromatic carbocycles. The molecule has 5 heterocycles. The molecule has 0 atom stereocenters. The Bertz CT molecular complexity index is 2660. The van der Waals surface area contributed by atoms with Crippen molar-refractivity contribution in [3.05, 3.63) is 146 Å². The van der Waals surface area contributed by atoms with Crippen molar-refractivity contribution in [3.8, 4) is 5.69 Å². The Morgan fingerprint density at radius 2 is 1.09 bits per heavy atom. The van der Waals surface area contributed by atoms with Crippen LogP contribution in [-0.2, 0) is 0 Å². The van der Waals surface area contributed by atoms with Gasteiger partial charge < -0.3 is 18.3 Å². The number of rotatable bonds is 4. The lowest BCUT2D eigenvalue weighted by Crippen LogP contribution is -2.10. The summed E-state index contributed by atoms with van der Waals surface area (Å²) in [5.41, 5.74) is 9.64. The summed E-state index contributed by atoms with van der Waals surface area (Å²) in [7, 11) is 0. The number of para-hydroxylation sites is 2. The lowest BCUT2D eigenvalue weighted by Gasteiger charge is -2.26. The van der Waals surface area contributed by atoms with E-state index in [4.69, 9.17) is 8.83 Å². The highest BCUT2D eigenvalue weighted by atomic mass is 16.3. The van der Waals surface area contributed by atoms with Crippen LogP contribution in [-0.4, -0.2) is 14.5 Å². The summed E-state index contributed by atoms with van der Waals surface area (Å²) in [4.78, 5) is 11.0. The van der Waals surface area contributed by atoms with Crippen LogP contribution in [0.3, 0.4) is 0 Å². The number of aromatic nitrogens is 3. The second-order valence-electron chi connectivity index (χ2n) is 11.5. The minimum Gasteiger partial charge on any atom is -0.456 e. The van der Waals surface area contributed by atoms with Crippen molar-refractivity contribution < 1.29 is 8.83 Å². The van der Waals surface area contributed by atoms with Gasteiger partial charge in [0.1, 0.15) is 22.3 Å². The second kappa shape index (κ2) is 9.55. The molecule has 0 aliphatic heterocycles. The van der Waals surface area contributed by atoms with Crippen molar-refractivity contribution in [3.63, 3.8) is 0 Å². The normalized spacial score (nSPS) is 11.9. The Labute approximate surface area is 262 Å². The minimum atomic E-state index is 0.806. The topological polar surface area (TPSA) is 60.2 Å². The summed E-state index contributed by atoms with van der Waals surface area (Å²) in [6.45, 7) is 0. The molecular weight excluding hydrogens is 568 g/mol. The maximum absolute atomic E-state index is 6.35. The average Bonchev–Trinajstić information content (AvgIpc) is 3.78. The molecule has 0 spiro atoms. The number of hydrogen-bond acceptors (Lipinski definition) is 5. The van der Waals surface area contributed by atoms with E-state index in [0.717, 1.165) is 83.0 Å². The van der Waals surface area contributed by atoms with Gasteiger partial charge in [0, 0.05) is 86.3 Å². The fourth-order valence-electron chi connectivity index (χ4n) is 6.97. The predicted octanol–water partition coefficient (Wildman–Crippen LogP) is 10.8. The fourth-order valence-corrected chi connectivity index (χ4v) is 6.97. The molecule has 6 nitrogen and oxygen atoms in total. The van der Waals surface area contributed by atoms with Gasteiger partial charge in [0.15, 0.2) is 0 Å². The molecule has 0 amide bonds. The first kappa shape index (κ1) is 25.0. The molecule has 0 saturated carbocycles. The van der Waals surface area contributed by atoms with Crippen LogP contribution in [0.4, 0.5) is 17.1 Å². The number of nitrogens with zero attached hydrogens (tertiary/aromatic N) is 4. The van der Waals surface area contributed by atoms with Gasteiger partial charge in [-0.3, -0.25) is 9.97 Å². The Balaban J connectivity index is 1.29. The first-order valence-electron chi connectivity index (χ1n) is 15.2. The van der Waals surface area contributed by atoms with Crippen molar-refractivity contribution in [2.75, 3.05) is 4.90 Å². The fraction of sp³-hybridized carbons (Fsp3) is 0. The third kappa shape index (κ3) is 3.58. The van der Waals surface area contributed by atoms with Crippen LogP contribution in [0.5, 0.6) is 0 Å². The number of pyridine rings is 2. The van der Waals surface area contributed by atoms with Crippen molar-refractivity contribution in [1.82, 2.24) is 14.5 Å². The molecule has 0 unspecified atom stereocenters. The van der Waals surface area contributed by atoms with E-state index in [-0.39, 0.29) is 0 Å². The number of hydrogen-bond donors (Lipinski definition) is 0. The summed E-state index contributed by atoms with van der Waals surface area (Å²) < 4.78 is 15.0. The van der Waals surface area contributed by atoms with Gasteiger partial charge in [0.25, 0.3) is 0 Å². The molecule has 0 saturated heterocycles. The van der Waals surface area contributed by atoms with E-state index in [1.54, 1.807) is 12.4 Å². The molecule has 10 rings (SSSR count). The third-order valence-electron chi connectivity index (χ3n) is 8.96. The third-order valence-corrected chi connectivity index (χ3v) is 8.96. The van der Waals surface area contributed by atoms with Gasteiger partial charge in [-0.05, 0) is 66.7 Å². The van der Waals surface area contributed by atoms with E-state index in [2.05, 4.69) is 129 Å². The van der Waals surface area contributed by atoms with Crippen LogP contribution < -0.4 is 4.90 Å². The van der Waals surface area contributed by atoms with Gasteiger partial charge in [-0.1, -0.05) is 42.5 Å². The van der Waals surface area contributed by atoms with Gasteiger partial charge >= 0.3 is 0 Å². The summed E-state index contributed by atoms with van der Waals surface area (Å²) >= 11 is 0. The Morgan fingerprint density at radius 1 is 0.478 bits per heavy atom. The molecule has 6 heteroatoms. The van der Waals surface area contributed by atoms with Crippen molar-refractivity contribution >= 4 is 82.7 Å². The van der Waals surface area contributed by atoms with Crippen LogP contribution in [0.25, 0.3) is 71.4 Å². The van der Waals surface area contributed by atoms with Crippen LogP contribution in [0.1, 0.15) is 0 Å². The van der Waals surface area contributed by atoms with Gasteiger partial charge in [-0.2, -0.15) is 0 Å². The first-order chi connectivity index (χ1) is 22.8. The molecule has 5 aromatic heterocycles. The van der Waals surface area contributed by atoms with Gasteiger partial charge in [0.05, 0.1) is 16.7 Å². The van der Waals surface area contributed by atoms with Gasteiger partial charge in [-0.15, -0.1) is 0 Å². The monoisotopic (exact) mass is 592 g/mol. The zero-order valence-electron chi connectivity index (χ0n) is 24.5. The van der Waals surface area contributed by atoms with E-state index in [1.807, 2.05) is 24.5 Å². The molecule has 216 valence electrons. The lowest BCUT2D eigenvalue weighted by molar-refractivity contribution is 0.668. The van der Waals surface area contributed by atoms with E-state index in [1.165, 1.54) is 5.39 Å². The smallest absolute Gasteiger partial charge is 0.138 e. The summed E-state index contributed by atoms with van der Waals surface area (Å²) in [5.74, 6) is 0. The van der Waals surface area contributed by atoms with E-state index in [0.29, 0.717) is 0 Å². The zero-order valence-corrected chi connectivity index (χ0v) is 24.5. The zero-order chi connectivity index (χ0) is 30.2. The summed E-state index contributed by atoms with van der Waals surface area (Å²) in [5, 5.41) is 6.40. The molecule has 0 aliphatic carbocycles. The van der Waals surface area contributed by atoms with Crippen molar-refractivity contribution in [2.45, 2.75) is 0 Å². The van der Waals surface area contributed by atoms with Crippen LogP contribution in [0.15, 0.2) is 155 Å². The highest BCUT2D eigenvalue weighted by molar-refractivity contribution is 6.17. The van der Waals surface area contributed by atoms with Gasteiger partial charge in [-0.25, -0.2) is 0 Å². The Kier molecular flexibility index (Phi) is 5.19. The number of anilines is 3. The van der Waals surface area contributed by atoms with Crippen LogP contribution in [0.2, 0.25) is 0 Å². The first-order valence-corrected chi connectivity index (χ1v) is 15.2. The Hall–Kier alpha value is -6.40. The van der Waals surface area contributed by atoms with E-state index in [9.17, 15) is 0 Å². The molecule has 0 aliphatic rings. The molecule has 10 aromatic rings. The largest absolute Gasteiger partial charge is 0.456 e. The van der Waals surface area contributed by atoms with E-state index >= 15 is 0 Å². The average molecular weight is 593 g/mol. The summed E-state index contributed by atoms with van der Waals surface area (Å²) in [6, 6.07) is 42.3. The highest BCUT2D eigenvalue weighted by Gasteiger charge is 2.22. The predicted molar refractivity (Wildman–Crippen MR) is 186 cm³/mol. The summed E-state index contributed by atoms with van der Waals surface area (Å²) in [6.07, 6.45) is 7.25. The maximum Gasteiger partial charge on any atom is 0.138 e. The lowest BCUT2D eigenvalue weighted by atomic mass is 10.1. The number of fused-ring (bicyclic) bond motifs is 9. The number of benzene rings is 5. The van der Waals surface area contributed by atoms with Crippen LogP contribution in [0, 0.1) is 0 Å². The van der Waals surface area contributed by atoms with E-state index < -0.39 is 0 Å². The molecule has 0 N–H and O–H groups in total. The molecule has 0 bridgehead atoms. The molecule has 0 fully saturated rings. The quantitative estimate of drug-likeness (QED) is 0.203. The molecule has 0 radical (unpaired) electrons. The molecular formula is C40H24N4O2. The number of furan rings is 2. The van der Waals surface area contributed by atoms with Crippen LogP contribution >= 0.6 is 0 Å².